The third-order valence-electron chi connectivity index (χ3n) is 7.37. The summed E-state index contributed by atoms with van der Waals surface area (Å²) in [6, 6.07) is 11.2. The maximum atomic E-state index is 14.8. The van der Waals surface area contributed by atoms with Gasteiger partial charge in [-0.15, -0.1) is 0 Å². The molecule has 3 atom stereocenters. The van der Waals surface area contributed by atoms with E-state index in [1.165, 1.54) is 13.2 Å². The highest BCUT2D eigenvalue weighted by molar-refractivity contribution is 5.83. The number of nitrogens with one attached hydrogen (secondary N) is 2. The Hall–Kier alpha value is -3.26. The number of methoxy groups -OCH3 is 1. The number of benzene rings is 2. The lowest BCUT2D eigenvalue weighted by molar-refractivity contribution is -0.137. The summed E-state index contributed by atoms with van der Waals surface area (Å²) < 4.78 is 25.8. The van der Waals surface area contributed by atoms with Crippen molar-refractivity contribution in [1.82, 2.24) is 15.1 Å². The van der Waals surface area contributed by atoms with Crippen molar-refractivity contribution in [3.63, 3.8) is 0 Å². The average Bonchev–Trinajstić information content (AvgIpc) is 3.36. The lowest BCUT2D eigenvalue weighted by Gasteiger charge is -2.32. The second-order valence-electron chi connectivity index (χ2n) is 9.55. The van der Waals surface area contributed by atoms with Gasteiger partial charge in [0.2, 0.25) is 5.91 Å². The number of hydrogen-bond donors (Lipinski definition) is 2. The van der Waals surface area contributed by atoms with Gasteiger partial charge in [0.1, 0.15) is 12.4 Å². The second-order valence-corrected chi connectivity index (χ2v) is 9.55. The fourth-order valence-electron chi connectivity index (χ4n) is 5.39. The molecule has 2 saturated heterocycles. The van der Waals surface area contributed by atoms with E-state index in [1.54, 1.807) is 6.07 Å². The summed E-state index contributed by atoms with van der Waals surface area (Å²) in [7, 11) is 5.25. The van der Waals surface area contributed by atoms with E-state index in [9.17, 15) is 9.18 Å². The molecule has 7 nitrogen and oxygen atoms in total. The number of hydrogen-bond acceptors (Lipinski definition) is 6. The summed E-state index contributed by atoms with van der Waals surface area (Å²) in [6.45, 7) is 7.63. The lowest BCUT2D eigenvalue weighted by atomic mass is 9.88. The van der Waals surface area contributed by atoms with Crippen LogP contribution in [0.15, 0.2) is 42.5 Å². The number of rotatable bonds is 7. The molecule has 0 bridgehead atoms. The number of carbonyl (C=O) groups excluding carboxylic acids is 1. The summed E-state index contributed by atoms with van der Waals surface area (Å²) in [5, 5.41) is 6.61. The number of nitrogens with zero attached hydrogens (tertiary/aromatic N) is 2. The molecular weight excluding hydrogens is 471 g/mol. The summed E-state index contributed by atoms with van der Waals surface area (Å²) in [5.41, 5.74) is 3.65. The van der Waals surface area contributed by atoms with Gasteiger partial charge in [0, 0.05) is 57.7 Å². The third-order valence-corrected chi connectivity index (χ3v) is 7.37. The molecule has 2 fully saturated rings. The Morgan fingerprint density at radius 3 is 2.65 bits per heavy atom. The number of likely N-dealkylation sites (N-methyl/N-ethyl adjacent to an activating group) is 1. The Kier molecular flexibility index (Phi) is 8.59. The van der Waals surface area contributed by atoms with E-state index in [1.807, 2.05) is 45.0 Å². The van der Waals surface area contributed by atoms with Crippen LogP contribution in [0.25, 0.3) is 5.70 Å². The van der Waals surface area contributed by atoms with E-state index in [0.717, 1.165) is 54.3 Å². The first-order valence-electron chi connectivity index (χ1n) is 13.2. The standard InChI is InChI=1S/C27H33FN4O3.C2H6.H2/c1-29-9-11-35-19-6-4-17(5-7-19)23-13-25(20-12-22(28)26(34-3)14-24(20)30-23)32-15-18-8-10-31(2)27(33)21(18)16-32;1-2;/h4-7,12-14,18,21,23,29-30H,8-11,15-16H2,1-3H3;1-2H3;1H/t18-,21+,23?;;/m1../s1. The van der Waals surface area contributed by atoms with Gasteiger partial charge in [0.25, 0.3) is 0 Å². The van der Waals surface area contributed by atoms with Crippen molar-refractivity contribution >= 4 is 17.3 Å². The number of anilines is 1. The molecule has 0 aromatic heterocycles. The van der Waals surface area contributed by atoms with Gasteiger partial charge in [-0.1, -0.05) is 26.0 Å². The van der Waals surface area contributed by atoms with E-state index >= 15 is 0 Å². The van der Waals surface area contributed by atoms with Gasteiger partial charge in [-0.05, 0) is 49.2 Å². The van der Waals surface area contributed by atoms with Crippen LogP contribution in [0.2, 0.25) is 0 Å². The average molecular weight is 513 g/mol. The van der Waals surface area contributed by atoms with Gasteiger partial charge in [0.05, 0.1) is 19.1 Å². The SMILES string of the molecule is CC.CNCCOc1ccc(C2C=C(N3C[C@H]4CCN(C)C(=O)[C@H]4C3)c3cc(F)c(OC)cc3N2)cc1.[HH]. The van der Waals surface area contributed by atoms with Crippen LogP contribution in [0, 0.1) is 17.7 Å². The minimum atomic E-state index is -0.395. The quantitative estimate of drug-likeness (QED) is 0.528. The molecule has 0 saturated carbocycles. The van der Waals surface area contributed by atoms with Crippen LogP contribution >= 0.6 is 0 Å². The predicted molar refractivity (Wildman–Crippen MR) is 147 cm³/mol. The van der Waals surface area contributed by atoms with Crippen LogP contribution in [0.4, 0.5) is 10.1 Å². The van der Waals surface area contributed by atoms with Crippen LogP contribution in [0.3, 0.4) is 0 Å². The smallest absolute Gasteiger partial charge is 0.227 e. The number of piperidine rings is 1. The van der Waals surface area contributed by atoms with E-state index < -0.39 is 5.82 Å². The fraction of sp³-hybridized carbons (Fsp3) is 0.483. The maximum Gasteiger partial charge on any atom is 0.227 e. The molecule has 5 rings (SSSR count). The first-order valence-corrected chi connectivity index (χ1v) is 13.2. The maximum absolute atomic E-state index is 14.8. The number of halogens is 1. The molecule has 3 aliphatic rings. The monoisotopic (exact) mass is 512 g/mol. The van der Waals surface area contributed by atoms with Gasteiger partial charge in [0.15, 0.2) is 11.6 Å². The van der Waals surface area contributed by atoms with Crippen LogP contribution in [0.1, 0.15) is 38.9 Å². The molecule has 3 heterocycles. The molecule has 1 unspecified atom stereocenters. The fourth-order valence-corrected chi connectivity index (χ4v) is 5.39. The van der Waals surface area contributed by atoms with Crippen molar-refractivity contribution < 1.29 is 20.1 Å². The summed E-state index contributed by atoms with van der Waals surface area (Å²) in [6.07, 6.45) is 3.15. The van der Waals surface area contributed by atoms with Crippen LogP contribution in [0.5, 0.6) is 11.5 Å². The number of amides is 1. The van der Waals surface area contributed by atoms with Gasteiger partial charge in [-0.3, -0.25) is 4.79 Å². The molecule has 8 heteroatoms. The molecule has 0 spiro atoms. The first kappa shape index (κ1) is 26.8. The zero-order chi connectivity index (χ0) is 26.5. The van der Waals surface area contributed by atoms with Crippen LogP contribution in [-0.2, 0) is 4.79 Å². The Balaban J connectivity index is 0.00000130. The molecule has 3 aliphatic heterocycles. The summed E-state index contributed by atoms with van der Waals surface area (Å²) >= 11 is 0. The molecule has 0 aliphatic carbocycles. The van der Waals surface area contributed by atoms with E-state index in [0.29, 0.717) is 19.1 Å². The number of likely N-dealkylation sites (tertiary alicyclic amines) is 2. The predicted octanol–water partition coefficient (Wildman–Crippen LogP) is 4.62. The van der Waals surface area contributed by atoms with Crippen molar-refractivity contribution in [2.45, 2.75) is 26.3 Å². The highest BCUT2D eigenvalue weighted by Gasteiger charge is 2.43. The van der Waals surface area contributed by atoms with Crippen molar-refractivity contribution in [1.29, 1.82) is 0 Å². The highest BCUT2D eigenvalue weighted by atomic mass is 19.1. The molecule has 0 radical (unpaired) electrons. The first-order chi connectivity index (χ1) is 18.0. The Bertz CT molecular complexity index is 1130. The Morgan fingerprint density at radius 2 is 1.95 bits per heavy atom. The Labute approximate surface area is 221 Å². The summed E-state index contributed by atoms with van der Waals surface area (Å²) in [4.78, 5) is 16.9. The number of fused-ring (bicyclic) bond motifs is 2. The van der Waals surface area contributed by atoms with Crippen molar-refractivity contribution in [2.24, 2.45) is 11.8 Å². The van der Waals surface area contributed by atoms with Crippen LogP contribution < -0.4 is 20.1 Å². The molecule has 37 heavy (non-hydrogen) atoms. The normalized spacial score (nSPS) is 22.3. The second kappa shape index (κ2) is 11.9. The number of carbonyl (C=O) groups is 1. The minimum Gasteiger partial charge on any atom is -0.494 e. The number of ether oxygens (including phenoxy) is 2. The molecule has 2 aromatic rings. The summed E-state index contributed by atoms with van der Waals surface area (Å²) in [5.74, 6) is 1.16. The largest absolute Gasteiger partial charge is 0.494 e. The van der Waals surface area contributed by atoms with Gasteiger partial charge < -0.3 is 29.9 Å². The van der Waals surface area contributed by atoms with Crippen molar-refractivity contribution in [3.05, 3.63) is 59.4 Å². The molecule has 202 valence electrons. The van der Waals surface area contributed by atoms with Gasteiger partial charge >= 0.3 is 0 Å². The molecule has 2 N–H and O–H groups in total. The minimum absolute atomic E-state index is 0. The topological polar surface area (TPSA) is 66.1 Å². The van der Waals surface area contributed by atoms with E-state index in [-0.39, 0.29) is 25.0 Å². The van der Waals surface area contributed by atoms with Crippen molar-refractivity contribution in [2.75, 3.05) is 59.3 Å². The zero-order valence-electron chi connectivity index (χ0n) is 22.5. The lowest BCUT2D eigenvalue weighted by Crippen LogP contribution is -2.42. The van der Waals surface area contributed by atoms with Gasteiger partial charge in [-0.25, -0.2) is 4.39 Å². The Morgan fingerprint density at radius 1 is 1.19 bits per heavy atom. The van der Waals surface area contributed by atoms with Crippen molar-refractivity contribution in [3.8, 4) is 11.5 Å². The molecule has 1 amide bonds. The zero-order valence-corrected chi connectivity index (χ0v) is 22.5. The van der Waals surface area contributed by atoms with E-state index in [2.05, 4.69) is 33.7 Å². The van der Waals surface area contributed by atoms with Gasteiger partial charge in [-0.2, -0.15) is 0 Å². The molecule has 2 aromatic carbocycles. The molecular formula is C29H41FN4O3. The van der Waals surface area contributed by atoms with E-state index in [4.69, 9.17) is 9.47 Å². The highest BCUT2D eigenvalue weighted by Crippen LogP contribution is 2.43. The van der Waals surface area contributed by atoms with Crippen LogP contribution in [-0.4, -0.2) is 69.7 Å². The third kappa shape index (κ3) is 5.54.